The molecule has 1 heterocycles. The molecule has 0 unspecified atom stereocenters. The molecule has 4 nitrogen and oxygen atoms in total. The minimum Gasteiger partial charge on any atom is -0.478 e. The van der Waals surface area contributed by atoms with Crippen molar-refractivity contribution in [2.24, 2.45) is 0 Å². The maximum atomic E-state index is 11.5. The van der Waals surface area contributed by atoms with Gasteiger partial charge in [-0.25, -0.2) is 9.78 Å². The average molecular weight is 272 g/mol. The predicted molar refractivity (Wildman–Crippen MR) is 81.5 cm³/mol. The molecule has 0 spiro atoms. The normalized spacial score (nSPS) is 10.7. The van der Waals surface area contributed by atoms with Crippen LogP contribution in [0.5, 0.6) is 0 Å². The number of hydrogen-bond donors (Lipinski definition) is 1. The van der Waals surface area contributed by atoms with Gasteiger partial charge in [0.1, 0.15) is 11.4 Å². The van der Waals surface area contributed by atoms with Gasteiger partial charge in [0, 0.05) is 18.5 Å². The Labute approximate surface area is 119 Å². The van der Waals surface area contributed by atoms with Gasteiger partial charge in [0.2, 0.25) is 0 Å². The van der Waals surface area contributed by atoms with E-state index in [4.69, 9.17) is 0 Å². The van der Waals surface area contributed by atoms with Crippen LogP contribution in [0.2, 0.25) is 0 Å². The fourth-order valence-corrected chi connectivity index (χ4v) is 2.27. The van der Waals surface area contributed by atoms with Gasteiger partial charge in [0.25, 0.3) is 0 Å². The van der Waals surface area contributed by atoms with Gasteiger partial charge in [0.15, 0.2) is 0 Å². The topological polar surface area (TPSA) is 53.4 Å². The summed E-state index contributed by atoms with van der Waals surface area (Å²) in [5.74, 6) is -0.347. The molecular formula is C16H20N2O2. The SMILES string of the molecule is CCCCN(CC)c1nc2ccccc2cc1C(=O)O. The molecule has 1 aromatic heterocycles. The fourth-order valence-electron chi connectivity index (χ4n) is 2.27. The molecule has 0 saturated carbocycles. The van der Waals surface area contributed by atoms with Gasteiger partial charge in [-0.2, -0.15) is 0 Å². The first-order valence-corrected chi connectivity index (χ1v) is 7.05. The monoisotopic (exact) mass is 272 g/mol. The number of carbonyl (C=O) groups is 1. The summed E-state index contributed by atoms with van der Waals surface area (Å²) in [6.45, 7) is 5.74. The maximum Gasteiger partial charge on any atom is 0.339 e. The molecule has 0 fully saturated rings. The van der Waals surface area contributed by atoms with Gasteiger partial charge in [-0.3, -0.25) is 0 Å². The number of pyridine rings is 1. The molecule has 0 atom stereocenters. The van der Waals surface area contributed by atoms with E-state index in [2.05, 4.69) is 11.9 Å². The lowest BCUT2D eigenvalue weighted by atomic mass is 10.1. The lowest BCUT2D eigenvalue weighted by Crippen LogP contribution is -2.27. The minimum absolute atomic E-state index is 0.279. The van der Waals surface area contributed by atoms with Crippen LogP contribution < -0.4 is 4.90 Å². The summed E-state index contributed by atoms with van der Waals surface area (Å²) in [4.78, 5) is 18.1. The highest BCUT2D eigenvalue weighted by Crippen LogP contribution is 2.24. The van der Waals surface area contributed by atoms with Gasteiger partial charge in [-0.15, -0.1) is 0 Å². The molecule has 4 heteroatoms. The van der Waals surface area contributed by atoms with E-state index >= 15 is 0 Å². The number of hydrogen-bond acceptors (Lipinski definition) is 3. The number of unbranched alkanes of at least 4 members (excludes halogenated alkanes) is 1. The van der Waals surface area contributed by atoms with Crippen LogP contribution in [-0.4, -0.2) is 29.1 Å². The van der Waals surface area contributed by atoms with Crippen molar-refractivity contribution in [3.63, 3.8) is 0 Å². The van der Waals surface area contributed by atoms with Crippen LogP contribution in [0, 0.1) is 0 Å². The van der Waals surface area contributed by atoms with Crippen LogP contribution in [0.25, 0.3) is 10.9 Å². The molecule has 2 aromatic rings. The molecule has 106 valence electrons. The summed E-state index contributed by atoms with van der Waals surface area (Å²) in [6.07, 6.45) is 2.11. The molecule has 20 heavy (non-hydrogen) atoms. The Kier molecular flexibility index (Phi) is 4.56. The largest absolute Gasteiger partial charge is 0.478 e. The number of benzene rings is 1. The van der Waals surface area contributed by atoms with Gasteiger partial charge < -0.3 is 10.0 Å². The van der Waals surface area contributed by atoms with Crippen molar-refractivity contribution in [3.8, 4) is 0 Å². The first-order valence-electron chi connectivity index (χ1n) is 7.05. The van der Waals surface area contributed by atoms with E-state index in [9.17, 15) is 9.90 Å². The van der Waals surface area contributed by atoms with Crippen LogP contribution in [-0.2, 0) is 0 Å². The number of nitrogens with zero attached hydrogens (tertiary/aromatic N) is 2. The van der Waals surface area contributed by atoms with Crippen LogP contribution in [0.1, 0.15) is 37.0 Å². The van der Waals surface area contributed by atoms with E-state index in [1.54, 1.807) is 6.07 Å². The van der Waals surface area contributed by atoms with Crippen molar-refractivity contribution in [2.45, 2.75) is 26.7 Å². The predicted octanol–water partition coefficient (Wildman–Crippen LogP) is 3.56. The molecule has 0 aliphatic rings. The van der Waals surface area contributed by atoms with Gasteiger partial charge in [-0.1, -0.05) is 31.5 Å². The first-order chi connectivity index (χ1) is 9.67. The lowest BCUT2D eigenvalue weighted by Gasteiger charge is -2.23. The number of aromatic carboxylic acids is 1. The van der Waals surface area contributed by atoms with Crippen LogP contribution in [0.4, 0.5) is 5.82 Å². The number of rotatable bonds is 6. The molecule has 0 bridgehead atoms. The van der Waals surface area contributed by atoms with Crippen molar-refractivity contribution in [2.75, 3.05) is 18.0 Å². The summed E-state index contributed by atoms with van der Waals surface area (Å²) in [6, 6.07) is 9.33. The van der Waals surface area contributed by atoms with Crippen molar-refractivity contribution in [1.82, 2.24) is 4.98 Å². The maximum absolute atomic E-state index is 11.5. The summed E-state index contributed by atoms with van der Waals surface area (Å²) < 4.78 is 0. The van der Waals surface area contributed by atoms with Crippen molar-refractivity contribution in [1.29, 1.82) is 0 Å². The highest BCUT2D eigenvalue weighted by molar-refractivity contribution is 5.98. The number of aromatic nitrogens is 1. The third-order valence-corrected chi connectivity index (χ3v) is 3.40. The number of anilines is 1. The molecule has 2 rings (SSSR count). The zero-order chi connectivity index (χ0) is 14.5. The molecule has 0 radical (unpaired) electrons. The molecule has 1 aromatic carbocycles. The fraction of sp³-hybridized carbons (Fsp3) is 0.375. The second-order valence-electron chi connectivity index (χ2n) is 4.79. The van der Waals surface area contributed by atoms with E-state index in [-0.39, 0.29) is 5.56 Å². The Hall–Kier alpha value is -2.10. The molecule has 1 N–H and O–H groups in total. The van der Waals surface area contributed by atoms with Gasteiger partial charge in [0.05, 0.1) is 5.52 Å². The van der Waals surface area contributed by atoms with Gasteiger partial charge >= 0.3 is 5.97 Å². The molecule has 0 aliphatic heterocycles. The number of carboxylic acid groups (broad SMARTS) is 1. The third kappa shape index (κ3) is 2.90. The second-order valence-corrected chi connectivity index (χ2v) is 4.79. The van der Waals surface area contributed by atoms with Gasteiger partial charge in [-0.05, 0) is 25.5 Å². The zero-order valence-electron chi connectivity index (χ0n) is 12.0. The van der Waals surface area contributed by atoms with E-state index in [0.717, 1.165) is 36.8 Å². The Morgan fingerprint density at radius 2 is 2.05 bits per heavy atom. The van der Waals surface area contributed by atoms with E-state index in [1.807, 2.05) is 36.1 Å². The Bertz CT molecular complexity index is 610. The quantitative estimate of drug-likeness (QED) is 0.873. The van der Waals surface area contributed by atoms with Crippen molar-refractivity contribution in [3.05, 3.63) is 35.9 Å². The smallest absolute Gasteiger partial charge is 0.339 e. The molecule has 0 amide bonds. The van der Waals surface area contributed by atoms with Crippen LogP contribution >= 0.6 is 0 Å². The third-order valence-electron chi connectivity index (χ3n) is 3.40. The molecule has 0 aliphatic carbocycles. The Balaban J connectivity index is 2.53. The molecule has 0 saturated heterocycles. The highest BCUT2D eigenvalue weighted by atomic mass is 16.4. The number of carboxylic acids is 1. The number of fused-ring (bicyclic) bond motifs is 1. The summed E-state index contributed by atoms with van der Waals surface area (Å²) in [5.41, 5.74) is 1.11. The number of para-hydroxylation sites is 1. The van der Waals surface area contributed by atoms with Crippen LogP contribution in [0.15, 0.2) is 30.3 Å². The van der Waals surface area contributed by atoms with E-state index in [0.29, 0.717) is 5.82 Å². The van der Waals surface area contributed by atoms with Crippen LogP contribution in [0.3, 0.4) is 0 Å². The minimum atomic E-state index is -0.923. The van der Waals surface area contributed by atoms with E-state index in [1.165, 1.54) is 0 Å². The molecular weight excluding hydrogens is 252 g/mol. The zero-order valence-corrected chi connectivity index (χ0v) is 12.0. The summed E-state index contributed by atoms with van der Waals surface area (Å²) in [7, 11) is 0. The first kappa shape index (κ1) is 14.3. The Morgan fingerprint density at radius 1 is 1.30 bits per heavy atom. The van der Waals surface area contributed by atoms with Crippen molar-refractivity contribution < 1.29 is 9.90 Å². The van der Waals surface area contributed by atoms with Crippen molar-refractivity contribution >= 4 is 22.7 Å². The summed E-state index contributed by atoms with van der Waals surface area (Å²) in [5, 5.41) is 10.3. The summed E-state index contributed by atoms with van der Waals surface area (Å²) >= 11 is 0. The second kappa shape index (κ2) is 6.37. The highest BCUT2D eigenvalue weighted by Gasteiger charge is 2.17. The van der Waals surface area contributed by atoms with E-state index < -0.39 is 5.97 Å². The Morgan fingerprint density at radius 3 is 2.70 bits per heavy atom. The average Bonchev–Trinajstić information content (AvgIpc) is 2.47. The lowest BCUT2D eigenvalue weighted by molar-refractivity contribution is 0.0697. The standard InChI is InChI=1S/C16H20N2O2/c1-3-5-10-18(4-2)15-13(16(19)20)11-12-8-6-7-9-14(12)17-15/h6-9,11H,3-5,10H2,1-2H3,(H,19,20).